The fourth-order valence-electron chi connectivity index (χ4n) is 2.16. The molecule has 0 fully saturated rings. The molecule has 0 bridgehead atoms. The molecule has 0 radical (unpaired) electrons. The first-order valence-electron chi connectivity index (χ1n) is 5.91. The van der Waals surface area contributed by atoms with Gasteiger partial charge in [0.25, 0.3) is 0 Å². The monoisotopic (exact) mass is 256 g/mol. The molecule has 0 N–H and O–H groups in total. The fraction of sp³-hybridized carbons (Fsp3) is 0.133. The number of pyridine rings is 1. The predicted octanol–water partition coefficient (Wildman–Crippen LogP) is 4.21. The highest BCUT2D eigenvalue weighted by atomic mass is 35.5. The summed E-state index contributed by atoms with van der Waals surface area (Å²) in [6, 6.07) is 10.1. The zero-order valence-electron chi connectivity index (χ0n) is 10.1. The van der Waals surface area contributed by atoms with Gasteiger partial charge in [-0.05, 0) is 30.2 Å². The zero-order valence-corrected chi connectivity index (χ0v) is 10.9. The summed E-state index contributed by atoms with van der Waals surface area (Å²) in [5.41, 5.74) is 3.33. The first-order chi connectivity index (χ1) is 8.75. The highest BCUT2D eigenvalue weighted by Crippen LogP contribution is 2.37. The van der Waals surface area contributed by atoms with Gasteiger partial charge in [0.15, 0.2) is 0 Å². The van der Waals surface area contributed by atoms with E-state index in [1.54, 1.807) is 0 Å². The van der Waals surface area contributed by atoms with Gasteiger partial charge in [-0.25, -0.2) is 4.98 Å². The van der Waals surface area contributed by atoms with Crippen LogP contribution in [0.5, 0.6) is 0 Å². The van der Waals surface area contributed by atoms with E-state index in [4.69, 9.17) is 11.6 Å². The van der Waals surface area contributed by atoms with Crippen molar-refractivity contribution in [1.29, 1.82) is 0 Å². The van der Waals surface area contributed by atoms with Gasteiger partial charge < -0.3 is 4.90 Å². The van der Waals surface area contributed by atoms with E-state index in [1.807, 2.05) is 31.3 Å². The molecule has 1 aromatic heterocycles. The number of fused-ring (bicyclic) bond motifs is 1. The van der Waals surface area contributed by atoms with Gasteiger partial charge in [-0.2, -0.15) is 0 Å². The number of rotatable bonds is 1. The number of halogens is 1. The third-order valence-corrected chi connectivity index (χ3v) is 3.35. The van der Waals surface area contributed by atoms with Crippen molar-refractivity contribution in [2.24, 2.45) is 0 Å². The van der Waals surface area contributed by atoms with E-state index < -0.39 is 0 Å². The maximum atomic E-state index is 6.31. The summed E-state index contributed by atoms with van der Waals surface area (Å²) < 4.78 is 0. The molecule has 0 spiro atoms. The number of anilines is 2. The lowest BCUT2D eigenvalue weighted by molar-refractivity contribution is 1.03. The second-order valence-electron chi connectivity index (χ2n) is 4.38. The summed E-state index contributed by atoms with van der Waals surface area (Å²) in [6.07, 6.45) is 6.11. The van der Waals surface area contributed by atoms with Crippen LogP contribution >= 0.6 is 11.6 Å². The molecular weight excluding hydrogens is 244 g/mol. The number of para-hydroxylation sites is 1. The molecule has 2 heterocycles. The van der Waals surface area contributed by atoms with Gasteiger partial charge in [0.05, 0.1) is 10.7 Å². The maximum Gasteiger partial charge on any atom is 0.133 e. The Kier molecular flexibility index (Phi) is 2.80. The highest BCUT2D eigenvalue weighted by molar-refractivity contribution is 6.33. The van der Waals surface area contributed by atoms with Crippen LogP contribution in [0.25, 0.3) is 6.08 Å². The van der Waals surface area contributed by atoms with Gasteiger partial charge in [0.1, 0.15) is 5.82 Å². The van der Waals surface area contributed by atoms with Crippen LogP contribution in [0.3, 0.4) is 0 Å². The summed E-state index contributed by atoms with van der Waals surface area (Å²) in [4.78, 5) is 6.61. The van der Waals surface area contributed by atoms with Crippen LogP contribution in [0.2, 0.25) is 5.02 Å². The third kappa shape index (κ3) is 1.89. The Labute approximate surface area is 112 Å². The van der Waals surface area contributed by atoms with Gasteiger partial charge in [0, 0.05) is 12.7 Å². The first kappa shape index (κ1) is 11.3. The molecule has 1 aliphatic heterocycles. The second-order valence-corrected chi connectivity index (χ2v) is 4.79. The minimum atomic E-state index is 0.763. The van der Waals surface area contributed by atoms with Crippen LogP contribution < -0.4 is 4.90 Å². The first-order valence-corrected chi connectivity index (χ1v) is 6.29. The standard InChI is InChI=1S/C15H13ClN2/c1-11-7-8-14(17-10-11)18-9-3-5-12-4-2-6-13(16)15(12)18/h2-8,10H,9H2,1H3. The number of benzene rings is 1. The molecule has 3 heteroatoms. The fourth-order valence-corrected chi connectivity index (χ4v) is 2.44. The molecule has 18 heavy (non-hydrogen) atoms. The Morgan fingerprint density at radius 3 is 2.89 bits per heavy atom. The number of hydrogen-bond donors (Lipinski definition) is 0. The molecule has 2 nitrogen and oxygen atoms in total. The summed E-state index contributed by atoms with van der Waals surface area (Å²) >= 11 is 6.31. The third-order valence-electron chi connectivity index (χ3n) is 3.05. The molecule has 0 amide bonds. The molecule has 0 unspecified atom stereocenters. The van der Waals surface area contributed by atoms with Crippen LogP contribution in [0.1, 0.15) is 11.1 Å². The Hall–Kier alpha value is -1.80. The molecule has 1 aliphatic rings. The molecule has 2 aromatic rings. The molecule has 0 saturated carbocycles. The van der Waals surface area contributed by atoms with Crippen molar-refractivity contribution in [3.63, 3.8) is 0 Å². The lowest BCUT2D eigenvalue weighted by Gasteiger charge is -2.28. The highest BCUT2D eigenvalue weighted by Gasteiger charge is 2.18. The summed E-state index contributed by atoms with van der Waals surface area (Å²) in [5.74, 6) is 0.930. The minimum absolute atomic E-state index is 0.763. The normalized spacial score (nSPS) is 13.6. The molecule has 3 rings (SSSR count). The van der Waals surface area contributed by atoms with Crippen molar-refractivity contribution >= 4 is 29.2 Å². The number of hydrogen-bond acceptors (Lipinski definition) is 2. The molecule has 0 atom stereocenters. The van der Waals surface area contributed by atoms with Crippen molar-refractivity contribution in [2.75, 3.05) is 11.4 Å². The van der Waals surface area contributed by atoms with E-state index in [0.29, 0.717) is 0 Å². The van der Waals surface area contributed by atoms with Crippen LogP contribution in [-0.4, -0.2) is 11.5 Å². The second kappa shape index (κ2) is 4.46. The van der Waals surface area contributed by atoms with Gasteiger partial charge >= 0.3 is 0 Å². The zero-order chi connectivity index (χ0) is 12.5. The van der Waals surface area contributed by atoms with Crippen molar-refractivity contribution in [3.8, 4) is 0 Å². The quantitative estimate of drug-likeness (QED) is 0.760. The number of aryl methyl sites for hydroxylation is 1. The van der Waals surface area contributed by atoms with Crippen molar-refractivity contribution < 1.29 is 0 Å². The Morgan fingerprint density at radius 2 is 2.11 bits per heavy atom. The van der Waals surface area contributed by atoms with E-state index in [-0.39, 0.29) is 0 Å². The SMILES string of the molecule is Cc1ccc(N2CC=Cc3cccc(Cl)c32)nc1. The van der Waals surface area contributed by atoms with E-state index in [0.717, 1.165) is 34.2 Å². The Bertz CT molecular complexity index is 602. The van der Waals surface area contributed by atoms with Gasteiger partial charge in [-0.15, -0.1) is 0 Å². The predicted molar refractivity (Wildman–Crippen MR) is 76.5 cm³/mol. The Balaban J connectivity index is 2.11. The Morgan fingerprint density at radius 1 is 1.22 bits per heavy atom. The molecule has 0 aliphatic carbocycles. The largest absolute Gasteiger partial charge is 0.321 e. The van der Waals surface area contributed by atoms with Crippen LogP contribution in [0, 0.1) is 6.92 Å². The smallest absolute Gasteiger partial charge is 0.133 e. The van der Waals surface area contributed by atoms with Crippen molar-refractivity contribution in [2.45, 2.75) is 6.92 Å². The topological polar surface area (TPSA) is 16.1 Å². The van der Waals surface area contributed by atoms with E-state index in [2.05, 4.69) is 34.2 Å². The van der Waals surface area contributed by atoms with Crippen molar-refractivity contribution in [3.05, 3.63) is 58.8 Å². The van der Waals surface area contributed by atoms with E-state index >= 15 is 0 Å². The summed E-state index contributed by atoms with van der Waals surface area (Å²) in [5, 5.41) is 0.763. The van der Waals surface area contributed by atoms with Crippen LogP contribution in [-0.2, 0) is 0 Å². The number of aromatic nitrogens is 1. The summed E-state index contributed by atoms with van der Waals surface area (Å²) in [7, 11) is 0. The lowest BCUT2D eigenvalue weighted by Crippen LogP contribution is -2.21. The number of nitrogens with zero attached hydrogens (tertiary/aromatic N) is 2. The van der Waals surface area contributed by atoms with E-state index in [9.17, 15) is 0 Å². The molecule has 90 valence electrons. The van der Waals surface area contributed by atoms with Gasteiger partial charge in [-0.3, -0.25) is 0 Å². The van der Waals surface area contributed by atoms with Gasteiger partial charge in [-0.1, -0.05) is 42.0 Å². The maximum absolute atomic E-state index is 6.31. The average molecular weight is 257 g/mol. The van der Waals surface area contributed by atoms with Crippen LogP contribution in [0.4, 0.5) is 11.5 Å². The molecule has 0 saturated heterocycles. The minimum Gasteiger partial charge on any atom is -0.321 e. The van der Waals surface area contributed by atoms with Crippen molar-refractivity contribution in [1.82, 2.24) is 4.98 Å². The van der Waals surface area contributed by atoms with Crippen LogP contribution in [0.15, 0.2) is 42.6 Å². The van der Waals surface area contributed by atoms with Gasteiger partial charge in [0.2, 0.25) is 0 Å². The lowest BCUT2D eigenvalue weighted by atomic mass is 10.1. The average Bonchev–Trinajstić information content (AvgIpc) is 2.39. The molecule has 1 aromatic carbocycles. The summed E-state index contributed by atoms with van der Waals surface area (Å²) in [6.45, 7) is 2.83. The molecular formula is C15H13ClN2. The van der Waals surface area contributed by atoms with E-state index in [1.165, 1.54) is 0 Å².